The molecule has 4 nitrogen and oxygen atoms in total. The van der Waals surface area contributed by atoms with E-state index in [-0.39, 0.29) is 12.1 Å². The van der Waals surface area contributed by atoms with E-state index >= 15 is 0 Å². The van der Waals surface area contributed by atoms with Crippen LogP contribution < -0.4 is 5.56 Å². The van der Waals surface area contributed by atoms with Crippen molar-refractivity contribution < 1.29 is 9.53 Å². The molecule has 0 aromatic carbocycles. The normalized spacial score (nSPS) is 11.3. The van der Waals surface area contributed by atoms with Gasteiger partial charge in [0.25, 0.3) is 5.56 Å². The smallest absolute Gasteiger partial charge is 0.326 e. The van der Waals surface area contributed by atoms with Crippen LogP contribution in [-0.4, -0.2) is 22.4 Å². The van der Waals surface area contributed by atoms with Crippen LogP contribution in [0.5, 0.6) is 0 Å². The van der Waals surface area contributed by atoms with Gasteiger partial charge in [0.05, 0.1) is 0 Å². The first kappa shape index (κ1) is 13.8. The van der Waals surface area contributed by atoms with Crippen molar-refractivity contribution in [1.29, 1.82) is 0 Å². The topological polar surface area (TPSA) is 48.3 Å². The van der Waals surface area contributed by atoms with Gasteiger partial charge in [0.15, 0.2) is 0 Å². The lowest BCUT2D eigenvalue weighted by Crippen LogP contribution is -2.30. The molecule has 5 heteroatoms. The number of carbonyl (C=O) groups excluding carboxylic acids is 1. The van der Waals surface area contributed by atoms with E-state index in [1.165, 1.54) is 22.4 Å². The number of carbonyl (C=O) groups is 1. The highest BCUT2D eigenvalue weighted by atomic mass is 32.2. The van der Waals surface area contributed by atoms with Crippen molar-refractivity contribution in [3.8, 4) is 0 Å². The molecular weight excluding hydrogens is 238 g/mol. The second kappa shape index (κ2) is 5.40. The number of aromatic nitrogens is 1. The molecule has 0 amide bonds. The van der Waals surface area contributed by atoms with Gasteiger partial charge in [-0.3, -0.25) is 9.59 Å². The van der Waals surface area contributed by atoms with Gasteiger partial charge in [-0.25, -0.2) is 0 Å². The van der Waals surface area contributed by atoms with Crippen LogP contribution in [0.15, 0.2) is 28.0 Å². The van der Waals surface area contributed by atoms with E-state index in [2.05, 4.69) is 0 Å². The molecule has 0 saturated carbocycles. The molecule has 0 radical (unpaired) electrons. The molecule has 0 N–H and O–H groups in total. The molecule has 1 heterocycles. The summed E-state index contributed by atoms with van der Waals surface area (Å²) >= 11 is 1.49. The molecule has 17 heavy (non-hydrogen) atoms. The number of pyridine rings is 1. The van der Waals surface area contributed by atoms with Crippen LogP contribution in [-0.2, 0) is 16.1 Å². The molecule has 0 aliphatic carbocycles. The Morgan fingerprint density at radius 1 is 1.47 bits per heavy atom. The molecule has 0 bridgehead atoms. The fourth-order valence-corrected chi connectivity index (χ4v) is 1.68. The number of rotatable bonds is 3. The molecule has 0 aliphatic heterocycles. The summed E-state index contributed by atoms with van der Waals surface area (Å²) in [5, 5.41) is 0. The third-order valence-electron chi connectivity index (χ3n) is 1.92. The summed E-state index contributed by atoms with van der Waals surface area (Å²) < 4.78 is 6.49. The van der Waals surface area contributed by atoms with Crippen LogP contribution in [0.1, 0.15) is 20.8 Å². The molecule has 1 aromatic rings. The summed E-state index contributed by atoms with van der Waals surface area (Å²) in [5.41, 5.74) is -0.720. The van der Waals surface area contributed by atoms with Gasteiger partial charge in [-0.1, -0.05) is 0 Å². The monoisotopic (exact) mass is 255 g/mol. The summed E-state index contributed by atoms with van der Waals surface area (Å²) in [6, 6.07) is 3.31. The van der Waals surface area contributed by atoms with E-state index in [0.717, 1.165) is 4.90 Å². The van der Waals surface area contributed by atoms with E-state index in [0.29, 0.717) is 0 Å². The lowest BCUT2D eigenvalue weighted by atomic mass is 10.2. The lowest BCUT2D eigenvalue weighted by Gasteiger charge is -2.19. The maximum absolute atomic E-state index is 11.6. The van der Waals surface area contributed by atoms with Gasteiger partial charge in [-0.2, -0.15) is 0 Å². The minimum Gasteiger partial charge on any atom is -0.459 e. The third-order valence-corrected chi connectivity index (χ3v) is 2.65. The quantitative estimate of drug-likeness (QED) is 0.611. The highest BCUT2D eigenvalue weighted by molar-refractivity contribution is 7.98. The maximum atomic E-state index is 11.6. The van der Waals surface area contributed by atoms with Crippen molar-refractivity contribution in [2.24, 2.45) is 0 Å². The zero-order valence-electron chi connectivity index (χ0n) is 10.5. The third kappa shape index (κ3) is 4.65. The van der Waals surface area contributed by atoms with Crippen LogP contribution in [0.3, 0.4) is 0 Å². The molecule has 1 rings (SSSR count). The standard InChI is InChI=1S/C12H17NO3S/c1-12(2,3)16-11(15)8-13-6-5-9(17-4)7-10(13)14/h5-7H,8H2,1-4H3. The van der Waals surface area contributed by atoms with Crippen LogP contribution >= 0.6 is 11.8 Å². The fraction of sp³-hybridized carbons (Fsp3) is 0.500. The van der Waals surface area contributed by atoms with Gasteiger partial charge in [0.1, 0.15) is 12.1 Å². The Bertz CT molecular complexity index is 460. The molecule has 0 fully saturated rings. The van der Waals surface area contributed by atoms with Crippen molar-refractivity contribution in [2.75, 3.05) is 6.26 Å². The van der Waals surface area contributed by atoms with Crippen molar-refractivity contribution >= 4 is 17.7 Å². The first-order chi connectivity index (χ1) is 7.81. The average molecular weight is 255 g/mol. The molecule has 94 valence electrons. The predicted octanol–water partition coefficient (Wildman–Crippen LogP) is 1.91. The van der Waals surface area contributed by atoms with Crippen LogP contribution in [0.4, 0.5) is 0 Å². The number of nitrogens with zero attached hydrogens (tertiary/aromatic N) is 1. The zero-order chi connectivity index (χ0) is 13.1. The largest absolute Gasteiger partial charge is 0.459 e. The van der Waals surface area contributed by atoms with Crippen molar-refractivity contribution in [3.63, 3.8) is 0 Å². The Morgan fingerprint density at radius 2 is 2.12 bits per heavy atom. The van der Waals surface area contributed by atoms with Crippen molar-refractivity contribution in [2.45, 2.75) is 37.8 Å². The predicted molar refractivity (Wildman–Crippen MR) is 68.3 cm³/mol. The van der Waals surface area contributed by atoms with Gasteiger partial charge in [0, 0.05) is 17.2 Å². The molecular formula is C12H17NO3S. The minimum atomic E-state index is -0.528. The number of hydrogen-bond acceptors (Lipinski definition) is 4. The van der Waals surface area contributed by atoms with Crippen LogP contribution in [0.2, 0.25) is 0 Å². The van der Waals surface area contributed by atoms with Crippen LogP contribution in [0, 0.1) is 0 Å². The van der Waals surface area contributed by atoms with E-state index in [1.807, 2.05) is 6.26 Å². The number of hydrogen-bond donors (Lipinski definition) is 0. The van der Waals surface area contributed by atoms with E-state index < -0.39 is 11.6 Å². The number of ether oxygens (including phenoxy) is 1. The fourth-order valence-electron chi connectivity index (χ4n) is 1.26. The Hall–Kier alpha value is -1.23. The SMILES string of the molecule is CSc1ccn(CC(=O)OC(C)(C)C)c(=O)c1. The molecule has 0 saturated heterocycles. The summed E-state index contributed by atoms with van der Waals surface area (Å²) in [7, 11) is 0. The van der Waals surface area contributed by atoms with E-state index in [4.69, 9.17) is 4.74 Å². The van der Waals surface area contributed by atoms with E-state index in [9.17, 15) is 9.59 Å². The number of esters is 1. The summed E-state index contributed by atoms with van der Waals surface area (Å²) in [4.78, 5) is 24.1. The molecule has 0 atom stereocenters. The highest BCUT2D eigenvalue weighted by Crippen LogP contribution is 2.11. The molecule has 1 aromatic heterocycles. The van der Waals surface area contributed by atoms with Crippen molar-refractivity contribution in [1.82, 2.24) is 4.57 Å². The zero-order valence-corrected chi connectivity index (χ0v) is 11.3. The second-order valence-corrected chi connectivity index (χ2v) is 5.50. The Kier molecular flexibility index (Phi) is 4.40. The Labute approximate surface area is 105 Å². The number of thioether (sulfide) groups is 1. The summed E-state index contributed by atoms with van der Waals surface area (Å²) in [5.74, 6) is -0.406. The minimum absolute atomic E-state index is 0.0508. The van der Waals surface area contributed by atoms with E-state index in [1.54, 1.807) is 33.0 Å². The first-order valence-corrected chi connectivity index (χ1v) is 6.50. The summed E-state index contributed by atoms with van der Waals surface area (Å²) in [6.45, 7) is 5.34. The van der Waals surface area contributed by atoms with Gasteiger partial charge in [-0.15, -0.1) is 11.8 Å². The van der Waals surface area contributed by atoms with Gasteiger partial charge >= 0.3 is 5.97 Å². The lowest BCUT2D eigenvalue weighted by molar-refractivity contribution is -0.155. The van der Waals surface area contributed by atoms with Crippen LogP contribution in [0.25, 0.3) is 0 Å². The van der Waals surface area contributed by atoms with Gasteiger partial charge < -0.3 is 9.30 Å². The molecule has 0 aliphatic rings. The average Bonchev–Trinajstić information content (AvgIpc) is 2.18. The summed E-state index contributed by atoms with van der Waals surface area (Å²) in [6.07, 6.45) is 3.51. The Balaban J connectivity index is 2.76. The molecule has 0 unspecified atom stereocenters. The van der Waals surface area contributed by atoms with Gasteiger partial charge in [-0.05, 0) is 33.1 Å². The second-order valence-electron chi connectivity index (χ2n) is 4.62. The molecule has 0 spiro atoms. The Morgan fingerprint density at radius 3 is 2.59 bits per heavy atom. The first-order valence-electron chi connectivity index (χ1n) is 5.28. The van der Waals surface area contributed by atoms with Crippen molar-refractivity contribution in [3.05, 3.63) is 28.7 Å². The van der Waals surface area contributed by atoms with Gasteiger partial charge in [0.2, 0.25) is 0 Å². The maximum Gasteiger partial charge on any atom is 0.326 e. The highest BCUT2D eigenvalue weighted by Gasteiger charge is 2.16.